The molecule has 2 heterocycles. The Labute approximate surface area is 152 Å². The number of amides is 1. The number of halogens is 1. The van der Waals surface area contributed by atoms with E-state index in [1.165, 1.54) is 11.8 Å². The van der Waals surface area contributed by atoms with Crippen molar-refractivity contribution in [3.05, 3.63) is 58.3 Å². The third-order valence-electron chi connectivity index (χ3n) is 3.58. The number of carbonyl (C=O) groups is 1. The quantitative estimate of drug-likeness (QED) is 0.656. The number of imidazole rings is 1. The second-order valence-corrected chi connectivity index (χ2v) is 6.68. The van der Waals surface area contributed by atoms with Crippen molar-refractivity contribution in [1.29, 1.82) is 0 Å². The first kappa shape index (κ1) is 16.9. The Morgan fingerprint density at radius 2 is 2.21 bits per heavy atom. The van der Waals surface area contributed by atoms with Gasteiger partial charge in [-0.15, -0.1) is 0 Å². The monoisotopic (exact) mass is 405 g/mol. The van der Waals surface area contributed by atoms with E-state index in [4.69, 9.17) is 4.74 Å². The van der Waals surface area contributed by atoms with E-state index < -0.39 is 0 Å². The summed E-state index contributed by atoms with van der Waals surface area (Å²) in [6.07, 6.45) is 3.85. The van der Waals surface area contributed by atoms with Crippen molar-refractivity contribution in [2.45, 2.75) is 11.7 Å². The number of methoxy groups -OCH3 is 1. The molecular weight excluding hydrogens is 390 g/mol. The fourth-order valence-electron chi connectivity index (χ4n) is 2.41. The Bertz CT molecular complexity index is 895. The first-order chi connectivity index (χ1) is 11.6. The van der Waals surface area contributed by atoms with Gasteiger partial charge in [0.15, 0.2) is 10.9 Å². The van der Waals surface area contributed by atoms with Crippen LogP contribution in [0.5, 0.6) is 5.75 Å². The molecule has 0 unspecified atom stereocenters. The van der Waals surface area contributed by atoms with Gasteiger partial charge in [-0.05, 0) is 52.0 Å². The summed E-state index contributed by atoms with van der Waals surface area (Å²) in [6, 6.07) is 11.4. The lowest BCUT2D eigenvalue weighted by atomic mass is 10.2. The SMILES string of the molecule is COc1ccc(CNC(=O)c2nc(SC)n3ccccc23)cc1Br. The third-order valence-corrected chi connectivity index (χ3v) is 4.86. The first-order valence-electron chi connectivity index (χ1n) is 7.25. The molecule has 2 aromatic heterocycles. The largest absolute Gasteiger partial charge is 0.496 e. The fourth-order valence-corrected chi connectivity index (χ4v) is 3.53. The molecule has 1 amide bonds. The number of thioether (sulfide) groups is 1. The topological polar surface area (TPSA) is 55.6 Å². The lowest BCUT2D eigenvalue weighted by molar-refractivity contribution is 0.0947. The van der Waals surface area contributed by atoms with Crippen molar-refractivity contribution in [2.75, 3.05) is 13.4 Å². The zero-order valence-electron chi connectivity index (χ0n) is 13.2. The second kappa shape index (κ2) is 7.27. The molecule has 7 heteroatoms. The van der Waals surface area contributed by atoms with Gasteiger partial charge in [0.05, 0.1) is 17.1 Å². The fraction of sp³-hybridized carbons (Fsp3) is 0.176. The smallest absolute Gasteiger partial charge is 0.272 e. The van der Waals surface area contributed by atoms with Crippen LogP contribution in [0.25, 0.3) is 5.52 Å². The van der Waals surface area contributed by atoms with Gasteiger partial charge in [0.2, 0.25) is 0 Å². The number of carbonyl (C=O) groups excluding carboxylic acids is 1. The predicted octanol–water partition coefficient (Wildman–Crippen LogP) is 3.76. The van der Waals surface area contributed by atoms with E-state index in [0.717, 1.165) is 26.5 Å². The van der Waals surface area contributed by atoms with Crippen LogP contribution < -0.4 is 10.1 Å². The molecule has 0 atom stereocenters. The minimum atomic E-state index is -0.189. The van der Waals surface area contributed by atoms with E-state index in [1.807, 2.05) is 53.3 Å². The third kappa shape index (κ3) is 3.27. The lowest BCUT2D eigenvalue weighted by Crippen LogP contribution is -2.23. The maximum absolute atomic E-state index is 12.5. The zero-order chi connectivity index (χ0) is 17.1. The van der Waals surface area contributed by atoms with Crippen molar-refractivity contribution in [3.8, 4) is 5.75 Å². The molecule has 24 heavy (non-hydrogen) atoms. The molecule has 1 aromatic carbocycles. The highest BCUT2D eigenvalue weighted by Gasteiger charge is 2.16. The Morgan fingerprint density at radius 1 is 1.38 bits per heavy atom. The standard InChI is InChI=1S/C17H16BrN3O2S/c1-23-14-7-6-11(9-12(14)18)10-19-16(22)15-13-5-3-4-8-21(13)17(20-15)24-2/h3-9H,10H2,1-2H3,(H,19,22). The van der Waals surface area contributed by atoms with Gasteiger partial charge in [0, 0.05) is 12.7 Å². The van der Waals surface area contributed by atoms with Crippen LogP contribution in [0.15, 0.2) is 52.2 Å². The van der Waals surface area contributed by atoms with Gasteiger partial charge in [-0.1, -0.05) is 23.9 Å². The molecule has 0 saturated carbocycles. The summed E-state index contributed by atoms with van der Waals surface area (Å²) in [7, 11) is 1.62. The van der Waals surface area contributed by atoms with Crippen molar-refractivity contribution in [2.24, 2.45) is 0 Å². The molecule has 0 bridgehead atoms. The Hall–Kier alpha value is -1.99. The molecule has 0 spiro atoms. The number of nitrogens with zero attached hydrogens (tertiary/aromatic N) is 2. The maximum atomic E-state index is 12.5. The molecule has 0 aliphatic rings. The number of pyridine rings is 1. The maximum Gasteiger partial charge on any atom is 0.272 e. The van der Waals surface area contributed by atoms with Gasteiger partial charge in [-0.25, -0.2) is 4.98 Å². The van der Waals surface area contributed by atoms with Crippen LogP contribution in [0.2, 0.25) is 0 Å². The van der Waals surface area contributed by atoms with Gasteiger partial charge in [0.1, 0.15) is 5.75 Å². The molecule has 0 radical (unpaired) electrons. The summed E-state index contributed by atoms with van der Waals surface area (Å²) in [5, 5.41) is 3.72. The number of ether oxygens (including phenoxy) is 1. The van der Waals surface area contributed by atoms with Crippen LogP contribution in [0, 0.1) is 0 Å². The van der Waals surface area contributed by atoms with Gasteiger partial charge >= 0.3 is 0 Å². The minimum absolute atomic E-state index is 0.189. The van der Waals surface area contributed by atoms with Crippen molar-refractivity contribution in [1.82, 2.24) is 14.7 Å². The van der Waals surface area contributed by atoms with E-state index in [1.54, 1.807) is 7.11 Å². The summed E-state index contributed by atoms with van der Waals surface area (Å²) >= 11 is 4.96. The average molecular weight is 406 g/mol. The molecule has 3 rings (SSSR count). The van der Waals surface area contributed by atoms with Gasteiger partial charge in [-0.3, -0.25) is 9.20 Å². The zero-order valence-corrected chi connectivity index (χ0v) is 15.6. The van der Waals surface area contributed by atoms with Crippen LogP contribution in [-0.4, -0.2) is 28.7 Å². The Balaban J connectivity index is 1.79. The molecule has 3 aromatic rings. The summed E-state index contributed by atoms with van der Waals surface area (Å²) in [6.45, 7) is 0.419. The van der Waals surface area contributed by atoms with Crippen LogP contribution in [0.4, 0.5) is 0 Å². The number of aromatic nitrogens is 2. The number of fused-ring (bicyclic) bond motifs is 1. The normalized spacial score (nSPS) is 10.8. The van der Waals surface area contributed by atoms with Crippen LogP contribution in [0.1, 0.15) is 16.1 Å². The molecule has 0 fully saturated rings. The van der Waals surface area contributed by atoms with Gasteiger partial charge < -0.3 is 10.1 Å². The Morgan fingerprint density at radius 3 is 2.92 bits per heavy atom. The molecule has 0 saturated heterocycles. The Kier molecular flexibility index (Phi) is 5.11. The molecule has 0 aliphatic heterocycles. The number of benzene rings is 1. The van der Waals surface area contributed by atoms with Crippen LogP contribution >= 0.6 is 27.7 Å². The van der Waals surface area contributed by atoms with Crippen molar-refractivity contribution in [3.63, 3.8) is 0 Å². The number of hydrogen-bond donors (Lipinski definition) is 1. The lowest BCUT2D eigenvalue weighted by Gasteiger charge is -2.07. The molecule has 124 valence electrons. The summed E-state index contributed by atoms with van der Waals surface area (Å²) in [5.74, 6) is 0.570. The number of rotatable bonds is 5. The molecule has 5 nitrogen and oxygen atoms in total. The van der Waals surface area contributed by atoms with Gasteiger partial charge in [0.25, 0.3) is 5.91 Å². The molecule has 1 N–H and O–H groups in total. The average Bonchev–Trinajstić information content (AvgIpc) is 2.99. The van der Waals surface area contributed by atoms with Crippen molar-refractivity contribution < 1.29 is 9.53 Å². The van der Waals surface area contributed by atoms with E-state index in [2.05, 4.69) is 26.2 Å². The van der Waals surface area contributed by atoms with Gasteiger partial charge in [-0.2, -0.15) is 0 Å². The minimum Gasteiger partial charge on any atom is -0.496 e. The van der Waals surface area contributed by atoms with E-state index in [-0.39, 0.29) is 5.91 Å². The molecule has 0 aliphatic carbocycles. The van der Waals surface area contributed by atoms with Crippen LogP contribution in [0.3, 0.4) is 0 Å². The summed E-state index contributed by atoms with van der Waals surface area (Å²) < 4.78 is 7.98. The van der Waals surface area contributed by atoms with Crippen molar-refractivity contribution >= 4 is 39.1 Å². The van der Waals surface area contributed by atoms with E-state index in [9.17, 15) is 4.79 Å². The molecular formula is C17H16BrN3O2S. The number of hydrogen-bond acceptors (Lipinski definition) is 4. The first-order valence-corrected chi connectivity index (χ1v) is 9.27. The highest BCUT2D eigenvalue weighted by atomic mass is 79.9. The van der Waals surface area contributed by atoms with Crippen LogP contribution in [-0.2, 0) is 6.54 Å². The number of nitrogens with one attached hydrogen (secondary N) is 1. The van der Waals surface area contributed by atoms with E-state index in [0.29, 0.717) is 12.2 Å². The predicted molar refractivity (Wildman–Crippen MR) is 98.8 cm³/mol. The highest BCUT2D eigenvalue weighted by molar-refractivity contribution is 9.10. The summed E-state index contributed by atoms with van der Waals surface area (Å²) in [4.78, 5) is 17.0. The highest BCUT2D eigenvalue weighted by Crippen LogP contribution is 2.25. The van der Waals surface area contributed by atoms with E-state index >= 15 is 0 Å². The summed E-state index contributed by atoms with van der Waals surface area (Å²) in [5.41, 5.74) is 2.22. The second-order valence-electron chi connectivity index (χ2n) is 5.05.